The SMILES string of the molecule is COC1=C(Br)C(O)C2(C=C1Br)CC(C(=O)NCCCOc1c(Br)cc(C(=O)O)cc1Br)=NO2. The number of carboxylic acids is 1. The fourth-order valence-corrected chi connectivity index (χ4v) is 6.40. The fourth-order valence-electron chi connectivity index (χ4n) is 3.19. The summed E-state index contributed by atoms with van der Waals surface area (Å²) in [5.41, 5.74) is -0.935. The van der Waals surface area contributed by atoms with Crippen LogP contribution in [0.2, 0.25) is 0 Å². The van der Waals surface area contributed by atoms with Crippen LogP contribution in [0.3, 0.4) is 0 Å². The van der Waals surface area contributed by atoms with Crippen molar-refractivity contribution in [3.63, 3.8) is 0 Å². The van der Waals surface area contributed by atoms with E-state index >= 15 is 0 Å². The predicted octanol–water partition coefficient (Wildman–Crippen LogP) is 4.22. The molecule has 3 N–H and O–H groups in total. The van der Waals surface area contributed by atoms with Crippen LogP contribution in [-0.2, 0) is 14.4 Å². The van der Waals surface area contributed by atoms with Crippen LogP contribution in [-0.4, -0.2) is 59.8 Å². The van der Waals surface area contributed by atoms with Crippen molar-refractivity contribution in [2.45, 2.75) is 24.5 Å². The number of methoxy groups -OCH3 is 1. The molecule has 2 aliphatic rings. The summed E-state index contributed by atoms with van der Waals surface area (Å²) in [4.78, 5) is 29.1. The standard InChI is InChI=1S/C20H18Br4N2O7/c1-31-16-12(23)7-20(17(27)14(16)24)8-13(26-33-20)18(28)25-3-2-4-32-15-10(21)5-9(19(29)30)6-11(15)22/h5-7,17,27H,2-4,8H2,1H3,(H,25,28)(H,29,30). The van der Waals surface area contributed by atoms with E-state index in [9.17, 15) is 14.7 Å². The number of hydrogen-bond donors (Lipinski definition) is 3. The summed E-state index contributed by atoms with van der Waals surface area (Å²) in [5.74, 6) is -0.545. The average molecular weight is 718 g/mol. The van der Waals surface area contributed by atoms with Crippen LogP contribution in [0.1, 0.15) is 23.2 Å². The first kappa shape index (κ1) is 26.2. The van der Waals surface area contributed by atoms with E-state index in [2.05, 4.69) is 74.2 Å². The molecule has 0 bridgehead atoms. The van der Waals surface area contributed by atoms with E-state index in [1.54, 1.807) is 6.08 Å². The number of aromatic carboxylic acids is 1. The van der Waals surface area contributed by atoms with Crippen molar-refractivity contribution < 1.29 is 34.1 Å². The maximum atomic E-state index is 12.5. The molecular formula is C20H18Br4N2O7. The molecule has 33 heavy (non-hydrogen) atoms. The number of carbonyl (C=O) groups excluding carboxylic acids is 1. The highest BCUT2D eigenvalue weighted by Crippen LogP contribution is 2.43. The van der Waals surface area contributed by atoms with E-state index < -0.39 is 23.6 Å². The maximum Gasteiger partial charge on any atom is 0.335 e. The van der Waals surface area contributed by atoms with Gasteiger partial charge in [0.05, 0.1) is 37.2 Å². The molecule has 9 nitrogen and oxygen atoms in total. The third kappa shape index (κ3) is 5.64. The van der Waals surface area contributed by atoms with Crippen molar-refractivity contribution in [3.05, 3.63) is 47.4 Å². The number of benzene rings is 1. The van der Waals surface area contributed by atoms with Gasteiger partial charge in [0.25, 0.3) is 5.91 Å². The summed E-state index contributed by atoms with van der Waals surface area (Å²) in [6.45, 7) is 0.593. The molecule has 3 rings (SSSR count). The largest absolute Gasteiger partial charge is 0.495 e. The molecule has 13 heteroatoms. The molecule has 1 amide bonds. The smallest absolute Gasteiger partial charge is 0.335 e. The number of rotatable bonds is 8. The molecule has 0 radical (unpaired) electrons. The summed E-state index contributed by atoms with van der Waals surface area (Å²) in [6.07, 6.45) is 1.10. The van der Waals surface area contributed by atoms with Crippen molar-refractivity contribution in [3.8, 4) is 5.75 Å². The van der Waals surface area contributed by atoms with Crippen LogP contribution in [0.25, 0.3) is 0 Å². The fraction of sp³-hybridized carbons (Fsp3) is 0.350. The lowest BCUT2D eigenvalue weighted by molar-refractivity contribution is -0.114. The quantitative estimate of drug-likeness (QED) is 0.344. The summed E-state index contributed by atoms with van der Waals surface area (Å²) in [6, 6.07) is 2.90. The van der Waals surface area contributed by atoms with E-state index in [4.69, 9.17) is 19.4 Å². The summed E-state index contributed by atoms with van der Waals surface area (Å²) in [7, 11) is 1.48. The lowest BCUT2D eigenvalue weighted by Crippen LogP contribution is -2.45. The van der Waals surface area contributed by atoms with E-state index in [1.807, 2.05) is 0 Å². The molecule has 1 aliphatic carbocycles. The third-order valence-electron chi connectivity index (χ3n) is 4.84. The van der Waals surface area contributed by atoms with Gasteiger partial charge in [-0.1, -0.05) is 5.16 Å². The second-order valence-electron chi connectivity index (χ2n) is 7.07. The van der Waals surface area contributed by atoms with E-state index in [0.29, 0.717) is 42.4 Å². The normalized spacial score (nSPS) is 21.9. The van der Waals surface area contributed by atoms with Gasteiger partial charge in [-0.05, 0) is 88.3 Å². The van der Waals surface area contributed by atoms with Crippen LogP contribution in [0.15, 0.2) is 47.0 Å². The zero-order valence-electron chi connectivity index (χ0n) is 17.0. The highest BCUT2D eigenvalue weighted by molar-refractivity contribution is 9.12. The number of aliphatic hydroxyl groups is 1. The van der Waals surface area contributed by atoms with E-state index in [1.165, 1.54) is 19.2 Å². The van der Waals surface area contributed by atoms with Crippen molar-refractivity contribution >= 4 is 81.3 Å². The number of nitrogens with zero attached hydrogens (tertiary/aromatic N) is 1. The van der Waals surface area contributed by atoms with Gasteiger partial charge in [0.1, 0.15) is 23.3 Å². The van der Waals surface area contributed by atoms with Gasteiger partial charge in [0.15, 0.2) is 5.60 Å². The number of hydrogen-bond acceptors (Lipinski definition) is 7. The maximum absolute atomic E-state index is 12.5. The van der Waals surface area contributed by atoms with Crippen molar-refractivity contribution in [1.82, 2.24) is 5.32 Å². The minimum Gasteiger partial charge on any atom is -0.495 e. The Morgan fingerprint density at radius 1 is 1.27 bits per heavy atom. The zero-order valence-corrected chi connectivity index (χ0v) is 23.4. The Labute approximate surface area is 222 Å². The van der Waals surface area contributed by atoms with Gasteiger partial charge >= 0.3 is 5.97 Å². The Balaban J connectivity index is 1.49. The van der Waals surface area contributed by atoms with Crippen LogP contribution in [0.4, 0.5) is 0 Å². The molecule has 178 valence electrons. The molecule has 1 heterocycles. The van der Waals surface area contributed by atoms with Crippen LogP contribution in [0, 0.1) is 0 Å². The van der Waals surface area contributed by atoms with Gasteiger partial charge in [-0.25, -0.2) is 4.79 Å². The first-order valence-electron chi connectivity index (χ1n) is 9.48. The second-order valence-corrected chi connectivity index (χ2v) is 10.5. The number of carbonyl (C=O) groups is 2. The van der Waals surface area contributed by atoms with Gasteiger partial charge in [0, 0.05) is 13.0 Å². The Kier molecular flexibility index (Phi) is 8.65. The number of halogens is 4. The van der Waals surface area contributed by atoms with Crippen LogP contribution >= 0.6 is 63.7 Å². The number of allylic oxidation sites excluding steroid dienone is 1. The number of carboxylic acid groups (broad SMARTS) is 1. The minimum absolute atomic E-state index is 0.0769. The number of ether oxygens (including phenoxy) is 2. The lowest BCUT2D eigenvalue weighted by atomic mass is 9.87. The topological polar surface area (TPSA) is 127 Å². The number of nitrogens with one attached hydrogen (secondary N) is 1. The van der Waals surface area contributed by atoms with Gasteiger partial charge in [-0.15, -0.1) is 0 Å². The van der Waals surface area contributed by atoms with Gasteiger partial charge in [0.2, 0.25) is 0 Å². The van der Waals surface area contributed by atoms with Gasteiger partial charge in [-0.3, -0.25) is 4.79 Å². The Morgan fingerprint density at radius 2 is 1.94 bits per heavy atom. The van der Waals surface area contributed by atoms with Crippen molar-refractivity contribution in [2.24, 2.45) is 5.16 Å². The minimum atomic E-state index is -1.21. The predicted molar refractivity (Wildman–Crippen MR) is 134 cm³/mol. The average Bonchev–Trinajstić information content (AvgIpc) is 3.18. The Hall–Kier alpha value is -1.41. The summed E-state index contributed by atoms with van der Waals surface area (Å²) >= 11 is 13.3. The number of amides is 1. The third-order valence-corrected chi connectivity index (χ3v) is 7.40. The monoisotopic (exact) mass is 714 g/mol. The molecule has 1 aliphatic heterocycles. The van der Waals surface area contributed by atoms with Crippen molar-refractivity contribution in [2.75, 3.05) is 20.3 Å². The Morgan fingerprint density at radius 3 is 2.55 bits per heavy atom. The summed E-state index contributed by atoms with van der Waals surface area (Å²) < 4.78 is 12.9. The number of oxime groups is 1. The molecular weight excluding hydrogens is 700 g/mol. The van der Waals surface area contributed by atoms with Gasteiger partial charge in [-0.2, -0.15) is 0 Å². The number of aliphatic hydroxyl groups excluding tert-OH is 1. The molecule has 1 spiro atoms. The molecule has 0 fully saturated rings. The van der Waals surface area contributed by atoms with E-state index in [-0.39, 0.29) is 24.3 Å². The molecule has 2 atom stereocenters. The van der Waals surface area contributed by atoms with Gasteiger partial charge < -0.3 is 29.8 Å². The molecule has 0 aromatic heterocycles. The first-order chi connectivity index (χ1) is 15.6. The highest BCUT2D eigenvalue weighted by atomic mass is 79.9. The zero-order chi connectivity index (χ0) is 24.3. The van der Waals surface area contributed by atoms with Crippen LogP contribution < -0.4 is 10.1 Å². The highest BCUT2D eigenvalue weighted by Gasteiger charge is 2.50. The van der Waals surface area contributed by atoms with Crippen LogP contribution in [0.5, 0.6) is 5.75 Å². The Bertz CT molecular complexity index is 1050. The molecule has 0 saturated carbocycles. The van der Waals surface area contributed by atoms with E-state index in [0.717, 1.165) is 0 Å². The summed E-state index contributed by atoms with van der Waals surface area (Å²) in [5, 5.41) is 26.4. The first-order valence-corrected chi connectivity index (χ1v) is 12.7. The second kappa shape index (κ2) is 10.9. The van der Waals surface area contributed by atoms with Crippen molar-refractivity contribution in [1.29, 1.82) is 0 Å². The molecule has 1 aromatic carbocycles. The molecule has 2 unspecified atom stereocenters. The molecule has 0 saturated heterocycles. The molecule has 1 aromatic rings. The lowest BCUT2D eigenvalue weighted by Gasteiger charge is -2.33.